The molecule has 154 valence electrons. The van der Waals surface area contributed by atoms with Crippen molar-refractivity contribution >= 4 is 30.3 Å². The molecule has 6 nitrogen and oxygen atoms in total. The Morgan fingerprint density at radius 1 is 1.25 bits per heavy atom. The number of benzene rings is 1. The number of imide groups is 2. The van der Waals surface area contributed by atoms with Gasteiger partial charge in [0.2, 0.25) is 11.8 Å². The van der Waals surface area contributed by atoms with Gasteiger partial charge in [-0.15, -0.1) is 12.4 Å². The van der Waals surface area contributed by atoms with Crippen molar-refractivity contribution in [2.45, 2.75) is 57.3 Å². The maximum absolute atomic E-state index is 14.8. The third-order valence-corrected chi connectivity index (χ3v) is 5.10. The number of urea groups is 1. The van der Waals surface area contributed by atoms with Gasteiger partial charge in [0.1, 0.15) is 17.9 Å². The van der Waals surface area contributed by atoms with Crippen LogP contribution in [0, 0.1) is 11.7 Å². The minimum atomic E-state index is -1.82. The number of carbonyl (C=O) groups excluding carboxylic acids is 3. The summed E-state index contributed by atoms with van der Waals surface area (Å²) in [6, 6.07) is 1.89. The molecule has 0 aromatic heterocycles. The van der Waals surface area contributed by atoms with Gasteiger partial charge in [-0.1, -0.05) is 12.1 Å². The first-order chi connectivity index (χ1) is 12.7. The average Bonchev–Trinajstić information content (AvgIpc) is 3.42. The first-order valence-corrected chi connectivity index (χ1v) is 9.07. The molecular formula is C19H24ClF2N3O3. The minimum Gasteiger partial charge on any atom is -0.321 e. The highest BCUT2D eigenvalue weighted by Crippen LogP contribution is 2.41. The fourth-order valence-electron chi connectivity index (χ4n) is 3.38. The number of nitrogens with one attached hydrogen (secondary N) is 1. The lowest BCUT2D eigenvalue weighted by atomic mass is 9.90. The topological polar surface area (TPSA) is 92.5 Å². The van der Waals surface area contributed by atoms with Crippen LogP contribution < -0.4 is 11.1 Å². The predicted octanol–water partition coefficient (Wildman–Crippen LogP) is 2.96. The molecular weight excluding hydrogens is 392 g/mol. The van der Waals surface area contributed by atoms with Crippen LogP contribution in [0.1, 0.15) is 56.2 Å². The number of hydrogen-bond donors (Lipinski definition) is 2. The molecule has 3 N–H and O–H groups in total. The molecule has 0 radical (unpaired) electrons. The van der Waals surface area contributed by atoms with Crippen LogP contribution in [-0.2, 0) is 9.59 Å². The van der Waals surface area contributed by atoms with E-state index in [2.05, 4.69) is 5.32 Å². The molecule has 2 fully saturated rings. The van der Waals surface area contributed by atoms with Gasteiger partial charge in [-0.3, -0.25) is 19.8 Å². The zero-order valence-electron chi connectivity index (χ0n) is 15.7. The van der Waals surface area contributed by atoms with Gasteiger partial charge in [-0.05, 0) is 44.2 Å². The molecule has 1 saturated heterocycles. The lowest BCUT2D eigenvalue weighted by Crippen LogP contribution is -2.60. The molecule has 1 aliphatic carbocycles. The second-order valence-corrected chi connectivity index (χ2v) is 7.48. The number of alkyl halides is 1. The van der Waals surface area contributed by atoms with Gasteiger partial charge in [-0.2, -0.15) is 0 Å². The largest absolute Gasteiger partial charge is 0.331 e. The quantitative estimate of drug-likeness (QED) is 0.698. The molecule has 0 spiro atoms. The summed E-state index contributed by atoms with van der Waals surface area (Å²) in [5, 5.41) is 2.06. The molecule has 3 atom stereocenters. The molecule has 1 heterocycles. The molecule has 28 heavy (non-hydrogen) atoms. The third kappa shape index (κ3) is 4.33. The van der Waals surface area contributed by atoms with Gasteiger partial charge >= 0.3 is 6.03 Å². The van der Waals surface area contributed by atoms with Crippen LogP contribution in [0.4, 0.5) is 13.6 Å². The zero-order chi connectivity index (χ0) is 19.9. The van der Waals surface area contributed by atoms with Gasteiger partial charge in [-0.25, -0.2) is 13.6 Å². The van der Waals surface area contributed by atoms with E-state index in [1.54, 1.807) is 26.0 Å². The van der Waals surface area contributed by atoms with Crippen molar-refractivity contribution in [1.82, 2.24) is 10.2 Å². The highest BCUT2D eigenvalue weighted by Gasteiger charge is 2.43. The highest BCUT2D eigenvalue weighted by molar-refractivity contribution is 6.16. The standard InChI is InChI=1S/C19H23F2N3O3.ClH/c1-9(2)24-18(26)13(17(25)23-19(24)27)8-15(21)16(22)12-7-11(10-3-4-10)5-6-14(12)20;/h5-7,9-10,13,15-16H,3-4,8,22H2,1-2H3,(H,23,25,27);1H/t13?,15-,16-;/m0./s1. The van der Waals surface area contributed by atoms with Crippen LogP contribution in [0.15, 0.2) is 18.2 Å². The average molecular weight is 416 g/mol. The minimum absolute atomic E-state index is 0. The summed E-state index contributed by atoms with van der Waals surface area (Å²) in [5.74, 6) is -3.26. The molecule has 1 aliphatic heterocycles. The summed E-state index contributed by atoms with van der Waals surface area (Å²) >= 11 is 0. The van der Waals surface area contributed by atoms with E-state index in [1.165, 1.54) is 6.07 Å². The summed E-state index contributed by atoms with van der Waals surface area (Å²) in [7, 11) is 0. The van der Waals surface area contributed by atoms with Crippen LogP contribution in [0.3, 0.4) is 0 Å². The van der Waals surface area contributed by atoms with E-state index in [-0.39, 0.29) is 18.0 Å². The van der Waals surface area contributed by atoms with Gasteiger partial charge in [0.15, 0.2) is 0 Å². The van der Waals surface area contributed by atoms with E-state index in [1.807, 2.05) is 0 Å². The van der Waals surface area contributed by atoms with E-state index < -0.39 is 54.3 Å². The lowest BCUT2D eigenvalue weighted by molar-refractivity contribution is -0.144. The predicted molar refractivity (Wildman–Crippen MR) is 101 cm³/mol. The molecule has 2 aliphatic rings. The van der Waals surface area contributed by atoms with Crippen molar-refractivity contribution in [2.75, 3.05) is 0 Å². The fraction of sp³-hybridized carbons (Fsp3) is 0.526. The van der Waals surface area contributed by atoms with E-state index >= 15 is 0 Å². The van der Waals surface area contributed by atoms with Crippen molar-refractivity contribution in [2.24, 2.45) is 11.7 Å². The number of rotatable bonds is 6. The molecule has 4 amide bonds. The molecule has 1 unspecified atom stereocenters. The fourth-order valence-corrected chi connectivity index (χ4v) is 3.38. The summed E-state index contributed by atoms with van der Waals surface area (Å²) in [5.41, 5.74) is 6.87. The van der Waals surface area contributed by atoms with E-state index in [9.17, 15) is 23.2 Å². The van der Waals surface area contributed by atoms with Gasteiger partial charge in [0, 0.05) is 18.0 Å². The van der Waals surface area contributed by atoms with Crippen molar-refractivity contribution in [3.8, 4) is 0 Å². The Morgan fingerprint density at radius 2 is 1.89 bits per heavy atom. The molecule has 3 rings (SSSR count). The van der Waals surface area contributed by atoms with Crippen molar-refractivity contribution in [3.05, 3.63) is 35.1 Å². The number of barbiturate groups is 1. The number of nitrogens with zero attached hydrogens (tertiary/aromatic N) is 1. The first kappa shape index (κ1) is 22.2. The molecule has 9 heteroatoms. The summed E-state index contributed by atoms with van der Waals surface area (Å²) in [6.07, 6.45) is -0.323. The number of hydrogen-bond acceptors (Lipinski definition) is 4. The maximum Gasteiger partial charge on any atom is 0.331 e. The maximum atomic E-state index is 14.8. The number of amides is 4. The molecule has 1 aromatic rings. The van der Waals surface area contributed by atoms with E-state index in [0.717, 1.165) is 23.3 Å². The molecule has 1 saturated carbocycles. The second kappa shape index (κ2) is 8.53. The van der Waals surface area contributed by atoms with Gasteiger partial charge in [0.25, 0.3) is 0 Å². The Balaban J connectivity index is 0.00000280. The van der Waals surface area contributed by atoms with Crippen molar-refractivity contribution < 1.29 is 23.2 Å². The van der Waals surface area contributed by atoms with Gasteiger partial charge in [0.05, 0.1) is 6.04 Å². The zero-order valence-corrected chi connectivity index (χ0v) is 16.5. The van der Waals surface area contributed by atoms with E-state index in [0.29, 0.717) is 5.92 Å². The summed E-state index contributed by atoms with van der Waals surface area (Å²) in [6.45, 7) is 3.23. The number of halogens is 3. The highest BCUT2D eigenvalue weighted by atomic mass is 35.5. The van der Waals surface area contributed by atoms with Crippen molar-refractivity contribution in [1.29, 1.82) is 0 Å². The number of nitrogens with two attached hydrogens (primary N) is 1. The Morgan fingerprint density at radius 3 is 2.46 bits per heavy atom. The molecule has 0 bridgehead atoms. The van der Waals surface area contributed by atoms with Crippen LogP contribution in [0.2, 0.25) is 0 Å². The van der Waals surface area contributed by atoms with E-state index in [4.69, 9.17) is 5.73 Å². The SMILES string of the molecule is CC(C)N1C(=O)NC(=O)C(C[C@H](F)[C@@H](N)c2cc(C3CC3)ccc2F)C1=O.Cl. The Labute approximate surface area is 168 Å². The lowest BCUT2D eigenvalue weighted by Gasteiger charge is -2.33. The van der Waals surface area contributed by atoms with Crippen LogP contribution in [-0.4, -0.2) is 35.0 Å². The Kier molecular flexibility index (Phi) is 6.77. The van der Waals surface area contributed by atoms with Crippen molar-refractivity contribution in [3.63, 3.8) is 0 Å². The summed E-state index contributed by atoms with van der Waals surface area (Å²) in [4.78, 5) is 37.2. The first-order valence-electron chi connectivity index (χ1n) is 9.07. The van der Waals surface area contributed by atoms with Crippen LogP contribution >= 0.6 is 12.4 Å². The molecule has 1 aromatic carbocycles. The van der Waals surface area contributed by atoms with Gasteiger partial charge < -0.3 is 5.73 Å². The van der Waals surface area contributed by atoms with Crippen LogP contribution in [0.25, 0.3) is 0 Å². The Bertz CT molecular complexity index is 786. The monoisotopic (exact) mass is 415 g/mol. The second-order valence-electron chi connectivity index (χ2n) is 7.48. The number of carbonyl (C=O) groups is 3. The van der Waals surface area contributed by atoms with Crippen LogP contribution in [0.5, 0.6) is 0 Å². The Hall–Kier alpha value is -2.06. The summed E-state index contributed by atoms with van der Waals surface area (Å²) < 4.78 is 29.0. The third-order valence-electron chi connectivity index (χ3n) is 5.10. The smallest absolute Gasteiger partial charge is 0.321 e. The normalized spacial score (nSPS) is 22.0.